The summed E-state index contributed by atoms with van der Waals surface area (Å²) in [4.78, 5) is 52.4. The Kier molecular flexibility index (Phi) is 9.22. The first-order valence-electron chi connectivity index (χ1n) is 15.5. The number of anilines is 1. The minimum absolute atomic E-state index is 0.0131. The fourth-order valence-corrected chi connectivity index (χ4v) is 6.53. The lowest BCUT2D eigenvalue weighted by atomic mass is 9.76. The highest BCUT2D eigenvalue weighted by molar-refractivity contribution is 6.18. The molecule has 5 rings (SSSR count). The highest BCUT2D eigenvalue weighted by Crippen LogP contribution is 2.41. The number of hydrogen-bond acceptors (Lipinski definition) is 7. The van der Waals surface area contributed by atoms with Gasteiger partial charge in [0.05, 0.1) is 12.7 Å². The van der Waals surface area contributed by atoms with Crippen molar-refractivity contribution in [3.8, 4) is 0 Å². The van der Waals surface area contributed by atoms with E-state index in [4.69, 9.17) is 4.74 Å². The largest absolute Gasteiger partial charge is 0.494 e. The maximum atomic E-state index is 13.4. The van der Waals surface area contributed by atoms with Gasteiger partial charge in [-0.15, -0.1) is 0 Å². The number of nitrogens with zero attached hydrogens (tertiary/aromatic N) is 2. The Morgan fingerprint density at radius 2 is 1.75 bits per heavy atom. The second-order valence-corrected chi connectivity index (χ2v) is 12.3. The van der Waals surface area contributed by atoms with Crippen molar-refractivity contribution < 1.29 is 23.9 Å². The SMILES string of the molecule is CCNc1ccc2ccccc2c1C(C)(C)C/C=C1\C(=O)C(N2CCC(CC(=O)NCCN3C(=O)C=CC3=O)CC2)=C1OC. The highest BCUT2D eigenvalue weighted by atomic mass is 16.5. The molecule has 1 saturated heterocycles. The van der Waals surface area contributed by atoms with Crippen molar-refractivity contribution in [2.45, 2.75) is 51.9 Å². The molecule has 44 heavy (non-hydrogen) atoms. The van der Waals surface area contributed by atoms with E-state index in [2.05, 4.69) is 72.7 Å². The molecule has 3 amide bonds. The first-order valence-corrected chi connectivity index (χ1v) is 15.5. The molecular weight excluding hydrogens is 556 g/mol. The number of carbonyl (C=O) groups is 4. The monoisotopic (exact) mass is 598 g/mol. The lowest BCUT2D eigenvalue weighted by molar-refractivity contribution is -0.137. The van der Waals surface area contributed by atoms with Crippen molar-refractivity contribution in [3.63, 3.8) is 0 Å². The Bertz CT molecular complexity index is 1540. The second kappa shape index (κ2) is 13.1. The number of ketones is 1. The molecule has 3 aliphatic rings. The molecule has 0 atom stereocenters. The maximum Gasteiger partial charge on any atom is 0.253 e. The summed E-state index contributed by atoms with van der Waals surface area (Å²) in [7, 11) is 1.62. The van der Waals surface area contributed by atoms with Crippen molar-refractivity contribution in [2.75, 3.05) is 45.2 Å². The van der Waals surface area contributed by atoms with Crippen molar-refractivity contribution in [1.29, 1.82) is 0 Å². The average molecular weight is 599 g/mol. The zero-order valence-corrected chi connectivity index (χ0v) is 26.1. The number of nitrogens with one attached hydrogen (secondary N) is 2. The molecule has 0 aromatic heterocycles. The number of fused-ring (bicyclic) bond motifs is 1. The topological polar surface area (TPSA) is 108 Å². The number of piperidine rings is 1. The van der Waals surface area contributed by atoms with Crippen molar-refractivity contribution >= 4 is 40.0 Å². The number of imide groups is 1. The standard InChI is InChI=1S/C35H42N4O5/c1-5-36-27-11-10-24-8-6-7-9-25(24)31(27)35(2,3)17-14-26-33(43)32(34(26)44-4)38-19-15-23(16-20-38)22-28(40)37-18-21-39-29(41)12-13-30(39)42/h6-14,23,36H,5,15-22H2,1-4H3,(H,37,40)/b26-14+. The molecule has 0 spiro atoms. The van der Waals surface area contributed by atoms with Crippen LogP contribution in [0, 0.1) is 5.92 Å². The summed E-state index contributed by atoms with van der Waals surface area (Å²) in [6, 6.07) is 12.7. The lowest BCUT2D eigenvalue weighted by Gasteiger charge is -2.39. The van der Waals surface area contributed by atoms with E-state index in [1.807, 2.05) is 6.08 Å². The molecule has 0 unspecified atom stereocenters. The molecule has 9 heteroatoms. The predicted molar refractivity (Wildman–Crippen MR) is 171 cm³/mol. The van der Waals surface area contributed by atoms with E-state index in [0.29, 0.717) is 43.0 Å². The first-order chi connectivity index (χ1) is 21.1. The molecule has 2 aromatic rings. The Balaban J connectivity index is 1.19. The summed E-state index contributed by atoms with van der Waals surface area (Å²) in [6.45, 7) is 9.11. The van der Waals surface area contributed by atoms with Gasteiger partial charge in [0, 0.05) is 57.0 Å². The summed E-state index contributed by atoms with van der Waals surface area (Å²) in [5.74, 6) is 0.0654. The van der Waals surface area contributed by atoms with Gasteiger partial charge in [0.25, 0.3) is 11.8 Å². The van der Waals surface area contributed by atoms with Gasteiger partial charge in [-0.1, -0.05) is 50.3 Å². The van der Waals surface area contributed by atoms with Gasteiger partial charge in [0.1, 0.15) is 5.70 Å². The van der Waals surface area contributed by atoms with E-state index in [1.54, 1.807) is 7.11 Å². The van der Waals surface area contributed by atoms with Gasteiger partial charge in [0.15, 0.2) is 5.76 Å². The lowest BCUT2D eigenvalue weighted by Crippen LogP contribution is -2.43. The average Bonchev–Trinajstić information content (AvgIpc) is 3.32. The molecule has 2 aliphatic heterocycles. The third-order valence-electron chi connectivity index (χ3n) is 8.88. The van der Waals surface area contributed by atoms with Crippen LogP contribution in [-0.4, -0.2) is 73.1 Å². The summed E-state index contributed by atoms with van der Waals surface area (Å²) < 4.78 is 5.75. The highest BCUT2D eigenvalue weighted by Gasteiger charge is 2.40. The van der Waals surface area contributed by atoms with Crippen LogP contribution in [0.25, 0.3) is 10.8 Å². The molecule has 0 radical (unpaired) electrons. The zero-order valence-electron chi connectivity index (χ0n) is 26.1. The van der Waals surface area contributed by atoms with E-state index in [1.165, 1.54) is 28.5 Å². The predicted octanol–water partition coefficient (Wildman–Crippen LogP) is 4.45. The van der Waals surface area contributed by atoms with Crippen LogP contribution >= 0.6 is 0 Å². The molecule has 0 saturated carbocycles. The number of hydrogen-bond donors (Lipinski definition) is 2. The second-order valence-electron chi connectivity index (χ2n) is 12.3. The van der Waals surface area contributed by atoms with Gasteiger partial charge in [-0.25, -0.2) is 0 Å². The van der Waals surface area contributed by atoms with Crippen molar-refractivity contribution in [3.05, 3.63) is 77.2 Å². The van der Waals surface area contributed by atoms with Crippen molar-refractivity contribution in [2.24, 2.45) is 5.92 Å². The zero-order chi connectivity index (χ0) is 31.4. The summed E-state index contributed by atoms with van der Waals surface area (Å²) in [5.41, 5.74) is 3.38. The minimum Gasteiger partial charge on any atom is -0.494 e. The summed E-state index contributed by atoms with van der Waals surface area (Å²) in [5, 5.41) is 8.75. The van der Waals surface area contributed by atoms with E-state index < -0.39 is 0 Å². The van der Waals surface area contributed by atoms with E-state index >= 15 is 0 Å². The Labute approximate surface area is 259 Å². The Morgan fingerprint density at radius 1 is 1.05 bits per heavy atom. The third-order valence-corrected chi connectivity index (χ3v) is 8.88. The summed E-state index contributed by atoms with van der Waals surface area (Å²) in [6.07, 6.45) is 7.13. The number of allylic oxidation sites excluding steroid dienone is 3. The van der Waals surface area contributed by atoms with Gasteiger partial charge in [-0.2, -0.15) is 0 Å². The number of amides is 3. The molecule has 2 heterocycles. The number of rotatable bonds is 12. The van der Waals surface area contributed by atoms with Gasteiger partial charge >= 0.3 is 0 Å². The van der Waals surface area contributed by atoms with Crippen molar-refractivity contribution in [1.82, 2.24) is 15.1 Å². The molecule has 9 nitrogen and oxygen atoms in total. The molecule has 232 valence electrons. The molecular formula is C35H42N4O5. The van der Waals surface area contributed by atoms with Gasteiger partial charge < -0.3 is 20.3 Å². The maximum absolute atomic E-state index is 13.4. The van der Waals surface area contributed by atoms with Crippen LogP contribution in [0.3, 0.4) is 0 Å². The van der Waals surface area contributed by atoms with E-state index in [-0.39, 0.29) is 47.9 Å². The minimum atomic E-state index is -0.350. The van der Waals surface area contributed by atoms with Crippen LogP contribution < -0.4 is 10.6 Å². The van der Waals surface area contributed by atoms with Crippen LogP contribution in [-0.2, 0) is 29.3 Å². The van der Waals surface area contributed by atoms with Crippen LogP contribution in [0.15, 0.2) is 71.7 Å². The number of Topliss-reactive ketones (excluding diaryl/α,β-unsaturated/α-hetero) is 1. The fraction of sp³-hybridized carbons (Fsp3) is 0.429. The van der Waals surface area contributed by atoms with Crippen LogP contribution in [0.4, 0.5) is 5.69 Å². The number of methoxy groups -OCH3 is 1. The fourth-order valence-electron chi connectivity index (χ4n) is 6.53. The normalized spacial score (nSPS) is 18.5. The van der Waals surface area contributed by atoms with Crippen LogP contribution in [0.5, 0.6) is 0 Å². The summed E-state index contributed by atoms with van der Waals surface area (Å²) >= 11 is 0. The number of benzene rings is 2. The number of likely N-dealkylation sites (tertiary alicyclic amines) is 1. The number of ether oxygens (including phenoxy) is 1. The first kappa shape index (κ1) is 31.0. The molecule has 2 aromatic carbocycles. The van der Waals surface area contributed by atoms with E-state index in [9.17, 15) is 19.2 Å². The third kappa shape index (κ3) is 6.27. The van der Waals surface area contributed by atoms with Gasteiger partial charge in [0.2, 0.25) is 11.7 Å². The van der Waals surface area contributed by atoms with Gasteiger partial charge in [-0.3, -0.25) is 24.1 Å². The van der Waals surface area contributed by atoms with Gasteiger partial charge in [-0.05, 0) is 59.9 Å². The van der Waals surface area contributed by atoms with Crippen LogP contribution in [0.2, 0.25) is 0 Å². The number of carbonyl (C=O) groups excluding carboxylic acids is 4. The molecule has 2 N–H and O–H groups in total. The molecule has 1 fully saturated rings. The van der Waals surface area contributed by atoms with E-state index in [0.717, 1.165) is 30.0 Å². The Morgan fingerprint density at radius 3 is 2.43 bits per heavy atom. The molecule has 1 aliphatic carbocycles. The van der Waals surface area contributed by atoms with Crippen LogP contribution in [0.1, 0.15) is 52.0 Å². The smallest absolute Gasteiger partial charge is 0.253 e. The molecule has 0 bridgehead atoms. The Hall–Kier alpha value is -4.40. The quantitative estimate of drug-likeness (QED) is 0.275.